The summed E-state index contributed by atoms with van der Waals surface area (Å²) in [6.07, 6.45) is 1.44. The van der Waals surface area contributed by atoms with Crippen LogP contribution in [0.2, 0.25) is 0 Å². The molecule has 0 fully saturated rings. The van der Waals surface area contributed by atoms with Gasteiger partial charge in [0.05, 0.1) is 4.92 Å². The third-order valence-electron chi connectivity index (χ3n) is 2.95. The van der Waals surface area contributed by atoms with E-state index in [9.17, 15) is 10.1 Å². The Kier molecular flexibility index (Phi) is 4.15. The predicted molar refractivity (Wildman–Crippen MR) is 83.9 cm³/mol. The van der Waals surface area contributed by atoms with E-state index >= 15 is 0 Å². The fourth-order valence-electron chi connectivity index (χ4n) is 1.94. The molecule has 1 aromatic heterocycles. The van der Waals surface area contributed by atoms with E-state index in [0.717, 1.165) is 0 Å². The Morgan fingerprint density at radius 1 is 0.826 bits per heavy atom. The maximum Gasteiger partial charge on any atom is 0.331 e. The van der Waals surface area contributed by atoms with E-state index in [0.29, 0.717) is 17.2 Å². The molecule has 3 rings (SSSR count). The van der Waals surface area contributed by atoms with Crippen molar-refractivity contribution in [1.29, 1.82) is 0 Å². The fourth-order valence-corrected chi connectivity index (χ4v) is 1.94. The van der Waals surface area contributed by atoms with E-state index in [1.807, 2.05) is 30.3 Å². The lowest BCUT2D eigenvalue weighted by Crippen LogP contribution is -1.95. The Hall–Kier alpha value is -3.41. The number of benzene rings is 2. The third-order valence-corrected chi connectivity index (χ3v) is 2.95. The summed E-state index contributed by atoms with van der Waals surface area (Å²) in [6, 6.07) is 18.9. The number of nitrogens with zero attached hydrogens (tertiary/aromatic N) is 2. The number of aromatic nitrogens is 1. The molecule has 0 atom stereocenters. The van der Waals surface area contributed by atoms with Crippen LogP contribution >= 0.6 is 0 Å². The van der Waals surface area contributed by atoms with Crippen molar-refractivity contribution in [3.63, 3.8) is 0 Å². The number of hydrogen-bond donors (Lipinski definition) is 0. The molecule has 0 amide bonds. The smallest absolute Gasteiger partial charge is 0.331 e. The maximum absolute atomic E-state index is 11.0. The highest BCUT2D eigenvalue weighted by molar-refractivity contribution is 5.44. The van der Waals surface area contributed by atoms with Gasteiger partial charge >= 0.3 is 5.69 Å². The van der Waals surface area contributed by atoms with Gasteiger partial charge in [0.15, 0.2) is 0 Å². The molecule has 0 bridgehead atoms. The molecule has 0 spiro atoms. The van der Waals surface area contributed by atoms with E-state index < -0.39 is 4.92 Å². The summed E-state index contributed by atoms with van der Waals surface area (Å²) in [5.41, 5.74) is -0.193. The first kappa shape index (κ1) is 14.5. The molecule has 23 heavy (non-hydrogen) atoms. The summed E-state index contributed by atoms with van der Waals surface area (Å²) in [7, 11) is 0. The molecule has 0 aliphatic carbocycles. The van der Waals surface area contributed by atoms with Gasteiger partial charge in [0.1, 0.15) is 17.2 Å². The summed E-state index contributed by atoms with van der Waals surface area (Å²) in [5.74, 6) is 1.59. The normalized spacial score (nSPS) is 10.1. The van der Waals surface area contributed by atoms with Crippen LogP contribution in [-0.4, -0.2) is 9.91 Å². The predicted octanol–water partition coefficient (Wildman–Crippen LogP) is 4.57. The van der Waals surface area contributed by atoms with Crippen LogP contribution in [0.1, 0.15) is 0 Å². The van der Waals surface area contributed by atoms with Crippen molar-refractivity contribution in [2.75, 3.05) is 0 Å². The van der Waals surface area contributed by atoms with Gasteiger partial charge in [-0.3, -0.25) is 10.1 Å². The molecule has 0 saturated carbocycles. The van der Waals surface area contributed by atoms with Gasteiger partial charge in [0.2, 0.25) is 0 Å². The molecule has 0 aliphatic heterocycles. The minimum absolute atomic E-state index is 0.0608. The first-order chi connectivity index (χ1) is 11.2. The lowest BCUT2D eigenvalue weighted by atomic mass is 10.3. The molecule has 0 radical (unpaired) electrons. The Labute approximate surface area is 132 Å². The first-order valence-corrected chi connectivity index (χ1v) is 6.82. The van der Waals surface area contributed by atoms with E-state index in [1.54, 1.807) is 24.3 Å². The van der Waals surface area contributed by atoms with E-state index in [4.69, 9.17) is 9.47 Å². The zero-order chi connectivity index (χ0) is 16.1. The fraction of sp³-hybridized carbons (Fsp3) is 0. The van der Waals surface area contributed by atoms with Gasteiger partial charge < -0.3 is 9.47 Å². The van der Waals surface area contributed by atoms with Crippen LogP contribution in [0.25, 0.3) is 0 Å². The van der Waals surface area contributed by atoms with Gasteiger partial charge in [0, 0.05) is 18.3 Å². The van der Waals surface area contributed by atoms with E-state index in [2.05, 4.69) is 4.98 Å². The first-order valence-electron chi connectivity index (χ1n) is 6.82. The summed E-state index contributed by atoms with van der Waals surface area (Å²) in [4.78, 5) is 14.4. The maximum atomic E-state index is 11.0. The quantitative estimate of drug-likeness (QED) is 0.509. The Balaban J connectivity index is 1.82. The highest BCUT2D eigenvalue weighted by Gasteiger charge is 2.16. The Morgan fingerprint density at radius 3 is 2.26 bits per heavy atom. The molecular formula is C17H12N2O4. The minimum atomic E-state index is -0.535. The van der Waals surface area contributed by atoms with Crippen LogP contribution < -0.4 is 9.47 Å². The van der Waals surface area contributed by atoms with Gasteiger partial charge in [-0.1, -0.05) is 24.3 Å². The summed E-state index contributed by atoms with van der Waals surface area (Å²) in [5, 5.41) is 11.0. The van der Waals surface area contributed by atoms with E-state index in [-0.39, 0.29) is 11.6 Å². The van der Waals surface area contributed by atoms with Gasteiger partial charge in [-0.25, -0.2) is 4.98 Å². The highest BCUT2D eigenvalue weighted by atomic mass is 16.6. The molecule has 0 N–H and O–H groups in total. The van der Waals surface area contributed by atoms with Crippen molar-refractivity contribution in [2.24, 2.45) is 0 Å². The van der Waals surface area contributed by atoms with Crippen LogP contribution in [0.4, 0.5) is 5.69 Å². The molecule has 6 nitrogen and oxygen atoms in total. The second kappa shape index (κ2) is 6.57. The largest absolute Gasteiger partial charge is 0.457 e. The number of hydrogen-bond acceptors (Lipinski definition) is 5. The zero-order valence-corrected chi connectivity index (χ0v) is 12.0. The third kappa shape index (κ3) is 3.62. The van der Waals surface area contributed by atoms with Crippen LogP contribution in [0.3, 0.4) is 0 Å². The van der Waals surface area contributed by atoms with Crippen LogP contribution in [0.15, 0.2) is 72.9 Å². The molecule has 3 aromatic rings. The molecule has 0 unspecified atom stereocenters. The highest BCUT2D eigenvalue weighted by Crippen LogP contribution is 2.31. The van der Waals surface area contributed by atoms with Crippen molar-refractivity contribution in [1.82, 2.24) is 4.98 Å². The van der Waals surface area contributed by atoms with Gasteiger partial charge in [-0.2, -0.15) is 0 Å². The molecule has 0 saturated heterocycles. The van der Waals surface area contributed by atoms with Crippen molar-refractivity contribution in [3.8, 4) is 23.1 Å². The van der Waals surface area contributed by atoms with Gasteiger partial charge in [0.25, 0.3) is 5.88 Å². The van der Waals surface area contributed by atoms with Gasteiger partial charge in [-0.05, 0) is 30.3 Å². The Bertz CT molecular complexity index is 822. The molecule has 0 aliphatic rings. The van der Waals surface area contributed by atoms with E-state index in [1.165, 1.54) is 18.3 Å². The molecule has 6 heteroatoms. The average molecular weight is 308 g/mol. The lowest BCUT2D eigenvalue weighted by Gasteiger charge is -2.08. The van der Waals surface area contributed by atoms with Crippen molar-refractivity contribution in [2.45, 2.75) is 0 Å². The summed E-state index contributed by atoms with van der Waals surface area (Å²) < 4.78 is 11.2. The molecular weight excluding hydrogens is 296 g/mol. The standard InChI is InChI=1S/C17H12N2O4/c20-19(21)16-10-5-11-18-17(16)23-15-9-4-8-14(12-15)22-13-6-2-1-3-7-13/h1-12H. The minimum Gasteiger partial charge on any atom is -0.457 e. The van der Waals surface area contributed by atoms with Crippen molar-refractivity contribution >= 4 is 5.69 Å². The monoisotopic (exact) mass is 308 g/mol. The second-order valence-corrected chi connectivity index (χ2v) is 4.58. The molecule has 1 heterocycles. The Morgan fingerprint density at radius 2 is 1.52 bits per heavy atom. The number of para-hydroxylation sites is 1. The SMILES string of the molecule is O=[N+]([O-])c1cccnc1Oc1cccc(Oc2ccccc2)c1. The summed E-state index contributed by atoms with van der Waals surface area (Å²) in [6.45, 7) is 0. The number of pyridine rings is 1. The molecule has 2 aromatic carbocycles. The van der Waals surface area contributed by atoms with Crippen molar-refractivity contribution < 1.29 is 14.4 Å². The van der Waals surface area contributed by atoms with Crippen LogP contribution in [-0.2, 0) is 0 Å². The van der Waals surface area contributed by atoms with Gasteiger partial charge in [-0.15, -0.1) is 0 Å². The molecule has 114 valence electrons. The van der Waals surface area contributed by atoms with Crippen molar-refractivity contribution in [3.05, 3.63) is 83.0 Å². The summed E-state index contributed by atoms with van der Waals surface area (Å²) >= 11 is 0. The van der Waals surface area contributed by atoms with Crippen LogP contribution in [0.5, 0.6) is 23.1 Å². The number of ether oxygens (including phenoxy) is 2. The topological polar surface area (TPSA) is 74.5 Å². The number of rotatable bonds is 5. The zero-order valence-electron chi connectivity index (χ0n) is 12.0. The average Bonchev–Trinajstić information content (AvgIpc) is 2.56. The number of nitro groups is 1. The van der Waals surface area contributed by atoms with Crippen LogP contribution in [0, 0.1) is 10.1 Å². The lowest BCUT2D eigenvalue weighted by molar-refractivity contribution is -0.386. The second-order valence-electron chi connectivity index (χ2n) is 4.58.